The van der Waals surface area contributed by atoms with E-state index in [4.69, 9.17) is 10.00 Å². The molecule has 2 heterocycles. The van der Waals surface area contributed by atoms with Gasteiger partial charge in [0.05, 0.1) is 43.1 Å². The fourth-order valence-corrected chi connectivity index (χ4v) is 4.48. The number of ether oxygens (including phenoxy) is 1. The smallest absolute Gasteiger partial charge is 0.277 e. The fourth-order valence-electron chi connectivity index (χ4n) is 4.48. The Morgan fingerprint density at radius 2 is 1.74 bits per heavy atom. The molecule has 1 N–H and O–H groups in total. The number of amides is 2. The molecule has 1 atom stereocenters. The number of fused-ring (bicyclic) bond motifs is 1. The molecule has 9 nitrogen and oxygen atoms in total. The van der Waals surface area contributed by atoms with Crippen LogP contribution in [0.2, 0.25) is 0 Å². The minimum absolute atomic E-state index is 0.139. The van der Waals surface area contributed by atoms with Gasteiger partial charge in [-0.15, -0.1) is 0 Å². The van der Waals surface area contributed by atoms with Gasteiger partial charge in [0.15, 0.2) is 5.78 Å². The molecule has 0 bridgehead atoms. The zero-order valence-electron chi connectivity index (χ0n) is 20.7. The summed E-state index contributed by atoms with van der Waals surface area (Å²) in [5.74, 6) is -0.344. The molecule has 1 aliphatic rings. The van der Waals surface area contributed by atoms with Crippen LogP contribution in [0, 0.1) is 11.3 Å². The van der Waals surface area contributed by atoms with E-state index < -0.39 is 5.91 Å². The van der Waals surface area contributed by atoms with Gasteiger partial charge in [0, 0.05) is 22.5 Å². The van der Waals surface area contributed by atoms with E-state index >= 15 is 0 Å². The summed E-state index contributed by atoms with van der Waals surface area (Å²) in [7, 11) is 1.56. The number of hydrogen-bond donors (Lipinski definition) is 1. The molecular formula is C29H23N5O4. The van der Waals surface area contributed by atoms with Crippen molar-refractivity contribution in [2.45, 2.75) is 19.5 Å². The molecule has 9 heteroatoms. The molecule has 38 heavy (non-hydrogen) atoms. The summed E-state index contributed by atoms with van der Waals surface area (Å²) in [6, 6.07) is 22.0. The third kappa shape index (κ3) is 4.51. The molecule has 0 radical (unpaired) electrons. The monoisotopic (exact) mass is 505 g/mol. The van der Waals surface area contributed by atoms with E-state index in [1.54, 1.807) is 84.8 Å². The van der Waals surface area contributed by atoms with Gasteiger partial charge in [-0.3, -0.25) is 19.1 Å². The molecule has 3 aromatic carbocycles. The second-order valence-corrected chi connectivity index (χ2v) is 8.86. The van der Waals surface area contributed by atoms with Gasteiger partial charge < -0.3 is 15.0 Å². The highest BCUT2D eigenvalue weighted by Gasteiger charge is 2.36. The molecule has 4 aromatic rings. The van der Waals surface area contributed by atoms with Gasteiger partial charge >= 0.3 is 0 Å². The van der Waals surface area contributed by atoms with Crippen LogP contribution in [0.5, 0.6) is 5.75 Å². The zero-order valence-corrected chi connectivity index (χ0v) is 20.7. The zero-order chi connectivity index (χ0) is 26.8. The van der Waals surface area contributed by atoms with Crippen molar-refractivity contribution in [1.82, 2.24) is 9.78 Å². The quantitative estimate of drug-likeness (QED) is 0.391. The van der Waals surface area contributed by atoms with Crippen molar-refractivity contribution in [2.75, 3.05) is 17.3 Å². The summed E-state index contributed by atoms with van der Waals surface area (Å²) in [5, 5.41) is 16.1. The molecule has 0 fully saturated rings. The van der Waals surface area contributed by atoms with Crippen molar-refractivity contribution >= 4 is 29.0 Å². The Hall–Kier alpha value is -5.23. The maximum absolute atomic E-state index is 13.6. The summed E-state index contributed by atoms with van der Waals surface area (Å²) >= 11 is 0. The first-order valence-electron chi connectivity index (χ1n) is 11.9. The van der Waals surface area contributed by atoms with Crippen molar-refractivity contribution in [3.63, 3.8) is 0 Å². The van der Waals surface area contributed by atoms with E-state index in [1.807, 2.05) is 13.0 Å². The van der Waals surface area contributed by atoms with Crippen LogP contribution in [0.25, 0.3) is 0 Å². The minimum Gasteiger partial charge on any atom is -0.497 e. The van der Waals surface area contributed by atoms with Crippen molar-refractivity contribution in [3.8, 4) is 11.8 Å². The molecule has 188 valence electrons. The van der Waals surface area contributed by atoms with Crippen molar-refractivity contribution in [2.24, 2.45) is 0 Å². The van der Waals surface area contributed by atoms with Gasteiger partial charge in [0.25, 0.3) is 11.8 Å². The topological polar surface area (TPSA) is 117 Å². The Morgan fingerprint density at radius 3 is 2.39 bits per heavy atom. The predicted molar refractivity (Wildman–Crippen MR) is 140 cm³/mol. The van der Waals surface area contributed by atoms with Crippen LogP contribution in [0.15, 0.2) is 79.0 Å². The number of anilines is 2. The van der Waals surface area contributed by atoms with Crippen molar-refractivity contribution in [1.29, 1.82) is 5.26 Å². The molecule has 0 aliphatic carbocycles. The third-order valence-corrected chi connectivity index (χ3v) is 6.39. The average molecular weight is 506 g/mol. The molecule has 2 amide bonds. The highest BCUT2D eigenvalue weighted by Crippen LogP contribution is 2.28. The maximum Gasteiger partial charge on any atom is 0.277 e. The number of methoxy groups -OCH3 is 1. The lowest BCUT2D eigenvalue weighted by Crippen LogP contribution is -2.47. The summed E-state index contributed by atoms with van der Waals surface area (Å²) in [5.41, 5.74) is 2.79. The Balaban J connectivity index is 1.38. The molecule has 5 rings (SSSR count). The normalized spacial score (nSPS) is 14.4. The second-order valence-electron chi connectivity index (χ2n) is 8.86. The number of ketones is 1. The summed E-state index contributed by atoms with van der Waals surface area (Å²) < 4.78 is 6.68. The summed E-state index contributed by atoms with van der Waals surface area (Å²) in [6.45, 7) is 2.29. The van der Waals surface area contributed by atoms with Gasteiger partial charge in [0.1, 0.15) is 11.4 Å². The van der Waals surface area contributed by atoms with E-state index in [2.05, 4.69) is 10.4 Å². The molecule has 1 aliphatic heterocycles. The highest BCUT2D eigenvalue weighted by molar-refractivity contribution is 6.16. The van der Waals surface area contributed by atoms with E-state index in [1.165, 1.54) is 10.9 Å². The first-order valence-corrected chi connectivity index (χ1v) is 11.9. The number of nitriles is 1. The Labute approximate surface area is 218 Å². The number of aromatic nitrogens is 2. The fraction of sp³-hybridized carbons (Fsp3) is 0.138. The van der Waals surface area contributed by atoms with Crippen LogP contribution in [-0.2, 0) is 6.54 Å². The largest absolute Gasteiger partial charge is 0.497 e. The number of carbonyl (C=O) groups is 3. The van der Waals surface area contributed by atoms with Gasteiger partial charge in [-0.05, 0) is 73.7 Å². The van der Waals surface area contributed by atoms with E-state index in [0.717, 1.165) is 0 Å². The molecule has 1 aromatic heterocycles. The predicted octanol–water partition coefficient (Wildman–Crippen LogP) is 4.30. The van der Waals surface area contributed by atoms with Gasteiger partial charge in [-0.25, -0.2) is 0 Å². The van der Waals surface area contributed by atoms with Crippen LogP contribution < -0.4 is 15.0 Å². The van der Waals surface area contributed by atoms with Gasteiger partial charge in [-0.2, -0.15) is 10.4 Å². The molecular weight excluding hydrogens is 482 g/mol. The van der Waals surface area contributed by atoms with Gasteiger partial charge in [0.2, 0.25) is 0 Å². The standard InChI is InChI=1S/C29H23N5O4/c1-18-17-33-26(25(16-31-33)28(36)32-22-5-3-4-19(14-22)15-30)29(37)34(18)23-10-6-20(7-11-23)27(35)21-8-12-24(38-2)13-9-21/h3-14,16,18H,17H2,1-2H3,(H,32,36)/t18-/m0/s1. The van der Waals surface area contributed by atoms with E-state index in [9.17, 15) is 14.4 Å². The number of hydrogen-bond acceptors (Lipinski definition) is 6. The number of benzene rings is 3. The number of nitrogens with one attached hydrogen (secondary N) is 1. The molecule has 0 unspecified atom stereocenters. The summed E-state index contributed by atoms with van der Waals surface area (Å²) in [6.07, 6.45) is 1.38. The first kappa shape index (κ1) is 24.5. The second kappa shape index (κ2) is 10.0. The van der Waals surface area contributed by atoms with Crippen LogP contribution in [0.1, 0.15) is 49.3 Å². The molecule has 0 saturated carbocycles. The molecule has 0 saturated heterocycles. The highest BCUT2D eigenvalue weighted by atomic mass is 16.5. The average Bonchev–Trinajstić information content (AvgIpc) is 3.37. The number of carbonyl (C=O) groups excluding carboxylic acids is 3. The Kier molecular flexibility index (Phi) is 6.46. The van der Waals surface area contributed by atoms with Crippen LogP contribution in [0.3, 0.4) is 0 Å². The first-order chi connectivity index (χ1) is 18.4. The summed E-state index contributed by atoms with van der Waals surface area (Å²) in [4.78, 5) is 41.2. The number of rotatable bonds is 6. The van der Waals surface area contributed by atoms with Gasteiger partial charge in [-0.1, -0.05) is 6.07 Å². The minimum atomic E-state index is -0.496. The van der Waals surface area contributed by atoms with Crippen LogP contribution in [-0.4, -0.2) is 40.5 Å². The van der Waals surface area contributed by atoms with Crippen LogP contribution in [0.4, 0.5) is 11.4 Å². The Bertz CT molecular complexity index is 1580. The van der Waals surface area contributed by atoms with E-state index in [-0.39, 0.29) is 29.0 Å². The SMILES string of the molecule is COc1ccc(C(=O)c2ccc(N3C(=O)c4c(C(=O)Nc5cccc(C#N)c5)cnn4C[C@@H]3C)cc2)cc1. The van der Waals surface area contributed by atoms with Crippen LogP contribution >= 0.6 is 0 Å². The maximum atomic E-state index is 13.6. The molecule has 0 spiro atoms. The lowest BCUT2D eigenvalue weighted by molar-refractivity contribution is 0.0933. The lowest BCUT2D eigenvalue weighted by Gasteiger charge is -2.34. The Morgan fingerprint density at radius 1 is 1.05 bits per heavy atom. The lowest BCUT2D eigenvalue weighted by atomic mass is 10.0. The van der Waals surface area contributed by atoms with Crippen molar-refractivity contribution in [3.05, 3.63) is 107 Å². The third-order valence-electron chi connectivity index (χ3n) is 6.39. The van der Waals surface area contributed by atoms with E-state index in [0.29, 0.717) is 40.4 Å². The number of nitrogens with zero attached hydrogens (tertiary/aromatic N) is 4. The van der Waals surface area contributed by atoms with Crippen molar-refractivity contribution < 1.29 is 19.1 Å².